The third-order valence-electron chi connectivity index (χ3n) is 11.0. The molecule has 4 aromatic rings. The largest absolute Gasteiger partial charge is 0.444 e. The van der Waals surface area contributed by atoms with E-state index in [2.05, 4.69) is 22.5 Å². The van der Waals surface area contributed by atoms with Crippen molar-refractivity contribution in [1.82, 2.24) is 0 Å². The van der Waals surface area contributed by atoms with Gasteiger partial charge in [-0.15, -0.1) is 0 Å². The lowest BCUT2D eigenvalue weighted by Gasteiger charge is -2.33. The first-order valence-electron chi connectivity index (χ1n) is 19.7. The SMILES string of the molecule is CCC(CC(C)C(=O)Nc1ccc(S(=O)(=O)O)cc1)c1ccc(CC2(C(=O)Oc3ccc(COC(=O)Nc4ccc(N(C)CC)cc4C)cc3)CCCCC2=O)cc1. The molecular weight excluding hydrogens is 759 g/mol. The second-order valence-corrected chi connectivity index (χ2v) is 16.5. The number of anilines is 3. The number of carbonyl (C=O) groups is 4. The van der Waals surface area contributed by atoms with Gasteiger partial charge in [0.2, 0.25) is 5.91 Å². The molecule has 308 valence electrons. The fourth-order valence-electron chi connectivity index (χ4n) is 7.23. The summed E-state index contributed by atoms with van der Waals surface area (Å²) in [5.41, 5.74) is 4.28. The van der Waals surface area contributed by atoms with Crippen LogP contribution in [0.1, 0.15) is 87.5 Å². The number of esters is 1. The zero-order chi connectivity index (χ0) is 42.0. The molecular formula is C45H53N3O9S. The van der Waals surface area contributed by atoms with E-state index < -0.39 is 27.6 Å². The van der Waals surface area contributed by atoms with Gasteiger partial charge in [-0.1, -0.05) is 56.7 Å². The maximum Gasteiger partial charge on any atom is 0.411 e. The van der Waals surface area contributed by atoms with Crippen LogP contribution in [0.25, 0.3) is 0 Å². The smallest absolute Gasteiger partial charge is 0.411 e. The van der Waals surface area contributed by atoms with Crippen LogP contribution in [0.5, 0.6) is 5.75 Å². The summed E-state index contributed by atoms with van der Waals surface area (Å²) in [4.78, 5) is 54.8. The highest BCUT2D eigenvalue weighted by atomic mass is 32.2. The number of rotatable bonds is 16. The van der Waals surface area contributed by atoms with E-state index in [9.17, 15) is 32.1 Å². The Balaban J connectivity index is 1.17. The second kappa shape index (κ2) is 19.3. The number of aryl methyl sites for hydroxylation is 1. The van der Waals surface area contributed by atoms with E-state index >= 15 is 0 Å². The van der Waals surface area contributed by atoms with Gasteiger partial charge in [0, 0.05) is 43.0 Å². The molecule has 2 amide bonds. The highest BCUT2D eigenvalue weighted by Crippen LogP contribution is 2.39. The van der Waals surface area contributed by atoms with Crippen LogP contribution in [0.15, 0.2) is 95.9 Å². The molecule has 0 aliphatic heterocycles. The number of Topliss-reactive ketones (excluding diaryl/α,β-unsaturated/α-hetero) is 1. The fourth-order valence-corrected chi connectivity index (χ4v) is 7.71. The zero-order valence-electron chi connectivity index (χ0n) is 33.7. The van der Waals surface area contributed by atoms with E-state index in [4.69, 9.17) is 9.47 Å². The molecule has 4 aromatic carbocycles. The van der Waals surface area contributed by atoms with E-state index in [1.54, 1.807) is 24.3 Å². The molecule has 1 saturated carbocycles. The van der Waals surface area contributed by atoms with Gasteiger partial charge in [-0.05, 0) is 129 Å². The van der Waals surface area contributed by atoms with Crippen molar-refractivity contribution >= 4 is 50.9 Å². The van der Waals surface area contributed by atoms with Crippen molar-refractivity contribution < 1.29 is 41.6 Å². The molecule has 1 aliphatic rings. The number of nitrogens with one attached hydrogen (secondary N) is 2. The van der Waals surface area contributed by atoms with Crippen LogP contribution in [-0.4, -0.2) is 50.3 Å². The summed E-state index contributed by atoms with van der Waals surface area (Å²) in [6, 6.07) is 25.6. The molecule has 3 atom stereocenters. The summed E-state index contributed by atoms with van der Waals surface area (Å²) in [5, 5.41) is 5.59. The Morgan fingerprint density at radius 3 is 2.17 bits per heavy atom. The standard InChI is InChI=1S/C45H53N3O9S/c1-6-34(26-31(4)42(50)46-36-17-22-39(23-18-36)58(53,54)55)35-15-11-32(12-16-35)28-45(25-9-8-10-41(45)49)43(51)57-38-20-13-33(14-21-38)29-56-44(52)47-40-24-19-37(27-30(40)3)48(5)7-2/h11-24,27,31,34H,6-10,25-26,28-29H2,1-5H3,(H,46,50)(H,47,52)(H,53,54,55). The Bertz CT molecular complexity index is 2190. The lowest BCUT2D eigenvalue weighted by Crippen LogP contribution is -2.46. The van der Waals surface area contributed by atoms with Crippen molar-refractivity contribution in [3.05, 3.63) is 113 Å². The Hall–Kier alpha value is -5.53. The molecule has 13 heteroatoms. The van der Waals surface area contributed by atoms with Gasteiger partial charge in [0.15, 0.2) is 5.78 Å². The number of benzene rings is 4. The van der Waals surface area contributed by atoms with Crippen LogP contribution in [0.2, 0.25) is 0 Å². The first-order chi connectivity index (χ1) is 27.6. The number of hydrogen-bond donors (Lipinski definition) is 3. The minimum absolute atomic E-state index is 0.00947. The van der Waals surface area contributed by atoms with Gasteiger partial charge in [0.1, 0.15) is 17.8 Å². The molecule has 0 saturated heterocycles. The normalized spacial score (nSPS) is 16.5. The highest BCUT2D eigenvalue weighted by molar-refractivity contribution is 7.85. The predicted octanol–water partition coefficient (Wildman–Crippen LogP) is 8.88. The third kappa shape index (κ3) is 11.1. The molecule has 5 rings (SSSR count). The number of amides is 2. The molecule has 0 bridgehead atoms. The van der Waals surface area contributed by atoms with Crippen molar-refractivity contribution in [2.24, 2.45) is 11.3 Å². The summed E-state index contributed by atoms with van der Waals surface area (Å²) in [6.45, 7) is 8.74. The number of ether oxygens (including phenoxy) is 2. The van der Waals surface area contributed by atoms with Gasteiger partial charge in [-0.25, -0.2) is 4.79 Å². The molecule has 0 aromatic heterocycles. The van der Waals surface area contributed by atoms with E-state index in [1.165, 1.54) is 24.3 Å². The molecule has 58 heavy (non-hydrogen) atoms. The number of carbonyl (C=O) groups excluding carboxylic acids is 4. The summed E-state index contributed by atoms with van der Waals surface area (Å²) in [7, 11) is -2.33. The van der Waals surface area contributed by atoms with Crippen LogP contribution in [-0.2, 0) is 42.3 Å². The average Bonchev–Trinajstić information content (AvgIpc) is 3.21. The fraction of sp³-hybridized carbons (Fsp3) is 0.378. The lowest BCUT2D eigenvalue weighted by molar-refractivity contribution is -0.154. The number of hydrogen-bond acceptors (Lipinski definition) is 9. The third-order valence-corrected chi connectivity index (χ3v) is 11.9. The molecule has 3 N–H and O–H groups in total. The van der Waals surface area contributed by atoms with Gasteiger partial charge in [0.05, 0.1) is 4.90 Å². The first kappa shape index (κ1) is 43.6. The van der Waals surface area contributed by atoms with E-state index in [-0.39, 0.29) is 47.2 Å². The molecule has 0 heterocycles. The van der Waals surface area contributed by atoms with E-state index in [0.29, 0.717) is 36.2 Å². The van der Waals surface area contributed by atoms with Crippen molar-refractivity contribution in [1.29, 1.82) is 0 Å². The maximum absolute atomic E-state index is 13.9. The Kier molecular flexibility index (Phi) is 14.5. The Morgan fingerprint density at radius 1 is 0.897 bits per heavy atom. The quantitative estimate of drug-likeness (QED) is 0.0430. The topological polar surface area (TPSA) is 168 Å². The second-order valence-electron chi connectivity index (χ2n) is 15.1. The number of ketones is 1. The summed E-state index contributed by atoms with van der Waals surface area (Å²) >= 11 is 0. The van der Waals surface area contributed by atoms with E-state index in [0.717, 1.165) is 48.2 Å². The molecule has 3 unspecified atom stereocenters. The van der Waals surface area contributed by atoms with Crippen LogP contribution < -0.4 is 20.3 Å². The van der Waals surface area contributed by atoms with Crippen LogP contribution >= 0.6 is 0 Å². The molecule has 0 spiro atoms. The van der Waals surface area contributed by atoms with Gasteiger partial charge in [0.25, 0.3) is 10.1 Å². The van der Waals surface area contributed by atoms with E-state index in [1.807, 2.05) is 70.3 Å². The Morgan fingerprint density at radius 2 is 1.57 bits per heavy atom. The van der Waals surface area contributed by atoms with Crippen LogP contribution in [0.3, 0.4) is 0 Å². The summed E-state index contributed by atoms with van der Waals surface area (Å²) in [5.74, 6) is -0.956. The lowest BCUT2D eigenvalue weighted by atomic mass is 9.69. The Labute approximate surface area is 341 Å². The van der Waals surface area contributed by atoms with Crippen molar-refractivity contribution in [3.63, 3.8) is 0 Å². The maximum atomic E-state index is 13.9. The minimum atomic E-state index is -4.33. The summed E-state index contributed by atoms with van der Waals surface area (Å²) < 4.78 is 43.2. The first-order valence-corrected chi connectivity index (χ1v) is 21.1. The molecule has 0 radical (unpaired) electrons. The van der Waals surface area contributed by atoms with Crippen molar-refractivity contribution in [2.45, 2.75) is 90.1 Å². The molecule has 12 nitrogen and oxygen atoms in total. The zero-order valence-corrected chi connectivity index (χ0v) is 34.6. The van der Waals surface area contributed by atoms with Gasteiger partial charge < -0.3 is 19.7 Å². The molecule has 1 fully saturated rings. The van der Waals surface area contributed by atoms with Crippen molar-refractivity contribution in [3.8, 4) is 5.75 Å². The van der Waals surface area contributed by atoms with Crippen LogP contribution in [0.4, 0.5) is 21.9 Å². The van der Waals surface area contributed by atoms with Gasteiger partial charge in [-0.3, -0.25) is 24.3 Å². The predicted molar refractivity (Wildman–Crippen MR) is 224 cm³/mol. The van der Waals surface area contributed by atoms with Crippen molar-refractivity contribution in [2.75, 3.05) is 29.1 Å². The number of nitrogens with zero attached hydrogens (tertiary/aromatic N) is 1. The summed E-state index contributed by atoms with van der Waals surface area (Å²) in [6.07, 6.45) is 3.07. The van der Waals surface area contributed by atoms with Crippen LogP contribution in [0, 0.1) is 18.3 Å². The van der Waals surface area contributed by atoms with Gasteiger partial charge in [-0.2, -0.15) is 8.42 Å². The monoisotopic (exact) mass is 811 g/mol. The van der Waals surface area contributed by atoms with Gasteiger partial charge >= 0.3 is 12.1 Å². The minimum Gasteiger partial charge on any atom is -0.444 e. The highest BCUT2D eigenvalue weighted by Gasteiger charge is 2.48. The molecule has 1 aliphatic carbocycles. The average molecular weight is 812 g/mol.